The molecule has 0 aliphatic carbocycles. The summed E-state index contributed by atoms with van der Waals surface area (Å²) in [5.41, 5.74) is -1.24. The van der Waals surface area contributed by atoms with Crippen molar-refractivity contribution in [3.8, 4) is 0 Å². The summed E-state index contributed by atoms with van der Waals surface area (Å²) in [4.78, 5) is 36.1. The normalized spacial score (nSPS) is 15.6. The van der Waals surface area contributed by atoms with Crippen LogP contribution < -0.4 is 0 Å². The standard InChI is InChI=1S/C16H24N4O6/c1-5-25-14(21)13-12(20(23)24)10-19(17-13)11-6-8-18(9-7-11)15(22)26-16(2,3)4/h10-11H,5-9H2,1-4H3. The lowest BCUT2D eigenvalue weighted by Gasteiger charge is -2.33. The lowest BCUT2D eigenvalue weighted by atomic mass is 10.1. The molecular weight excluding hydrogens is 344 g/mol. The number of amides is 1. The number of likely N-dealkylation sites (tertiary alicyclic amines) is 1. The first-order valence-electron chi connectivity index (χ1n) is 8.51. The second kappa shape index (κ2) is 7.71. The highest BCUT2D eigenvalue weighted by Crippen LogP contribution is 2.27. The van der Waals surface area contributed by atoms with Crippen LogP contribution in [0.3, 0.4) is 0 Å². The van der Waals surface area contributed by atoms with E-state index in [0.717, 1.165) is 0 Å². The molecule has 10 heteroatoms. The van der Waals surface area contributed by atoms with Crippen molar-refractivity contribution in [2.24, 2.45) is 0 Å². The Morgan fingerprint density at radius 1 is 1.35 bits per heavy atom. The maximum atomic E-state index is 12.1. The molecule has 1 aliphatic rings. The Morgan fingerprint density at radius 3 is 2.46 bits per heavy atom. The molecule has 1 amide bonds. The molecule has 1 aromatic heterocycles. The fourth-order valence-electron chi connectivity index (χ4n) is 2.69. The van der Waals surface area contributed by atoms with Gasteiger partial charge in [-0.2, -0.15) is 5.10 Å². The first kappa shape index (κ1) is 19.7. The average molecular weight is 368 g/mol. The molecule has 26 heavy (non-hydrogen) atoms. The molecule has 1 aromatic rings. The summed E-state index contributed by atoms with van der Waals surface area (Å²) >= 11 is 0. The predicted molar refractivity (Wildman–Crippen MR) is 90.9 cm³/mol. The van der Waals surface area contributed by atoms with Crippen LogP contribution in [0.4, 0.5) is 10.5 Å². The average Bonchev–Trinajstić information content (AvgIpc) is 2.99. The summed E-state index contributed by atoms with van der Waals surface area (Å²) in [6, 6.07) is -0.143. The van der Waals surface area contributed by atoms with Gasteiger partial charge in [0, 0.05) is 13.1 Å². The summed E-state index contributed by atoms with van der Waals surface area (Å²) < 4.78 is 11.6. The van der Waals surface area contributed by atoms with E-state index < -0.39 is 16.5 Å². The smallest absolute Gasteiger partial charge is 0.410 e. The summed E-state index contributed by atoms with van der Waals surface area (Å²) in [6.45, 7) is 8.03. The molecule has 0 saturated carbocycles. The fourth-order valence-corrected chi connectivity index (χ4v) is 2.69. The van der Waals surface area contributed by atoms with Crippen LogP contribution in [0.5, 0.6) is 0 Å². The van der Waals surface area contributed by atoms with Crippen molar-refractivity contribution in [1.29, 1.82) is 0 Å². The number of rotatable bonds is 4. The van der Waals surface area contributed by atoms with Crippen LogP contribution >= 0.6 is 0 Å². The van der Waals surface area contributed by atoms with E-state index in [1.807, 2.05) is 0 Å². The van der Waals surface area contributed by atoms with Crippen LogP contribution in [0, 0.1) is 10.1 Å². The largest absolute Gasteiger partial charge is 0.461 e. The van der Waals surface area contributed by atoms with E-state index in [0.29, 0.717) is 25.9 Å². The van der Waals surface area contributed by atoms with Gasteiger partial charge in [-0.3, -0.25) is 14.8 Å². The SMILES string of the molecule is CCOC(=O)c1nn(C2CCN(C(=O)OC(C)(C)C)CC2)cc1[N+](=O)[O-]. The number of carbonyl (C=O) groups excluding carboxylic acids is 2. The molecule has 10 nitrogen and oxygen atoms in total. The third-order valence-electron chi connectivity index (χ3n) is 3.87. The van der Waals surface area contributed by atoms with E-state index in [-0.39, 0.29) is 30.1 Å². The van der Waals surface area contributed by atoms with E-state index in [2.05, 4.69) is 5.10 Å². The maximum absolute atomic E-state index is 12.1. The molecule has 1 fully saturated rings. The van der Waals surface area contributed by atoms with Gasteiger partial charge in [-0.05, 0) is 40.5 Å². The Balaban J connectivity index is 2.07. The van der Waals surface area contributed by atoms with Crippen molar-refractivity contribution in [3.63, 3.8) is 0 Å². The number of hydrogen-bond donors (Lipinski definition) is 0. The fraction of sp³-hybridized carbons (Fsp3) is 0.688. The van der Waals surface area contributed by atoms with Crippen LogP contribution in [-0.2, 0) is 9.47 Å². The zero-order valence-corrected chi connectivity index (χ0v) is 15.4. The van der Waals surface area contributed by atoms with Gasteiger partial charge in [0.25, 0.3) is 0 Å². The van der Waals surface area contributed by atoms with Gasteiger partial charge in [-0.25, -0.2) is 9.59 Å². The highest BCUT2D eigenvalue weighted by atomic mass is 16.6. The van der Waals surface area contributed by atoms with E-state index in [1.54, 1.807) is 32.6 Å². The molecule has 0 N–H and O–H groups in total. The van der Waals surface area contributed by atoms with Crippen LogP contribution in [0.2, 0.25) is 0 Å². The molecule has 0 atom stereocenters. The summed E-state index contributed by atoms with van der Waals surface area (Å²) in [5, 5.41) is 15.2. The number of hydrogen-bond acceptors (Lipinski definition) is 7. The van der Waals surface area contributed by atoms with Gasteiger partial charge in [0.1, 0.15) is 11.8 Å². The molecule has 1 saturated heterocycles. The molecule has 0 unspecified atom stereocenters. The molecule has 2 heterocycles. The molecular formula is C16H24N4O6. The predicted octanol–water partition coefficient (Wildman–Crippen LogP) is 2.54. The second-order valence-corrected chi connectivity index (χ2v) is 7.02. The molecule has 144 valence electrons. The molecule has 0 bridgehead atoms. The Morgan fingerprint density at radius 2 is 1.96 bits per heavy atom. The van der Waals surface area contributed by atoms with Gasteiger partial charge in [-0.1, -0.05) is 0 Å². The van der Waals surface area contributed by atoms with Gasteiger partial charge < -0.3 is 14.4 Å². The van der Waals surface area contributed by atoms with Crippen molar-refractivity contribution in [1.82, 2.24) is 14.7 Å². The zero-order chi connectivity index (χ0) is 19.5. The Kier molecular flexibility index (Phi) is 5.83. The van der Waals surface area contributed by atoms with Crippen molar-refractivity contribution in [2.45, 2.75) is 52.2 Å². The minimum absolute atomic E-state index is 0.108. The minimum Gasteiger partial charge on any atom is -0.461 e. The minimum atomic E-state index is -0.816. The monoisotopic (exact) mass is 368 g/mol. The number of esters is 1. The second-order valence-electron chi connectivity index (χ2n) is 7.02. The number of ether oxygens (including phenoxy) is 2. The third-order valence-corrected chi connectivity index (χ3v) is 3.87. The van der Waals surface area contributed by atoms with Crippen molar-refractivity contribution < 1.29 is 24.0 Å². The molecule has 0 aromatic carbocycles. The lowest BCUT2D eigenvalue weighted by Crippen LogP contribution is -2.42. The van der Waals surface area contributed by atoms with Gasteiger partial charge in [0.2, 0.25) is 5.69 Å². The van der Waals surface area contributed by atoms with Crippen molar-refractivity contribution in [3.05, 3.63) is 22.0 Å². The van der Waals surface area contributed by atoms with Crippen LogP contribution in [0.1, 0.15) is 57.1 Å². The highest BCUT2D eigenvalue weighted by molar-refractivity contribution is 5.91. The van der Waals surface area contributed by atoms with Crippen LogP contribution in [-0.4, -0.2) is 57.0 Å². The summed E-state index contributed by atoms with van der Waals surface area (Å²) in [7, 11) is 0. The van der Waals surface area contributed by atoms with E-state index in [1.165, 1.54) is 10.9 Å². The quantitative estimate of drug-likeness (QED) is 0.455. The summed E-state index contributed by atoms with van der Waals surface area (Å²) in [5.74, 6) is -0.816. The highest BCUT2D eigenvalue weighted by Gasteiger charge is 2.32. The number of aromatic nitrogens is 2. The first-order chi connectivity index (χ1) is 12.1. The lowest BCUT2D eigenvalue weighted by molar-refractivity contribution is -0.385. The zero-order valence-electron chi connectivity index (χ0n) is 15.4. The van der Waals surface area contributed by atoms with Crippen LogP contribution in [0.15, 0.2) is 6.20 Å². The topological polar surface area (TPSA) is 117 Å². The van der Waals surface area contributed by atoms with E-state index in [9.17, 15) is 19.7 Å². The van der Waals surface area contributed by atoms with Crippen molar-refractivity contribution in [2.75, 3.05) is 19.7 Å². The van der Waals surface area contributed by atoms with Gasteiger partial charge in [-0.15, -0.1) is 0 Å². The third kappa shape index (κ3) is 4.70. The van der Waals surface area contributed by atoms with E-state index in [4.69, 9.17) is 9.47 Å². The summed E-state index contributed by atoms with van der Waals surface area (Å²) in [6.07, 6.45) is 1.98. The van der Waals surface area contributed by atoms with E-state index >= 15 is 0 Å². The number of carbonyl (C=O) groups is 2. The molecule has 0 radical (unpaired) electrons. The molecule has 2 rings (SSSR count). The number of nitro groups is 1. The molecule has 0 spiro atoms. The molecule has 1 aliphatic heterocycles. The Hall–Kier alpha value is -2.65. The number of nitrogens with zero attached hydrogens (tertiary/aromatic N) is 4. The Bertz CT molecular complexity index is 685. The first-order valence-corrected chi connectivity index (χ1v) is 8.51. The van der Waals surface area contributed by atoms with Gasteiger partial charge in [0.15, 0.2) is 0 Å². The van der Waals surface area contributed by atoms with Gasteiger partial charge >= 0.3 is 17.7 Å². The Labute approximate surface area is 151 Å². The maximum Gasteiger partial charge on any atom is 0.410 e. The van der Waals surface area contributed by atoms with Crippen LogP contribution in [0.25, 0.3) is 0 Å². The van der Waals surface area contributed by atoms with Gasteiger partial charge in [0.05, 0.1) is 17.6 Å². The number of piperidine rings is 1. The van der Waals surface area contributed by atoms with Crippen molar-refractivity contribution >= 4 is 17.7 Å².